The SMILES string of the molecule is COc1ccc2c(c1OC)CN1CCc3cc(OC)c4nc[nH]c4c3C1C2. The number of nitrogens with zero attached hydrogens (tertiary/aromatic N) is 2. The number of nitrogens with one attached hydrogen (secondary N) is 1. The van der Waals surface area contributed by atoms with E-state index in [4.69, 9.17) is 14.2 Å². The number of aromatic nitrogens is 2. The van der Waals surface area contributed by atoms with E-state index in [1.165, 1.54) is 22.3 Å². The van der Waals surface area contributed by atoms with Crippen LogP contribution in [0.3, 0.4) is 0 Å². The van der Waals surface area contributed by atoms with Gasteiger partial charge in [0.15, 0.2) is 11.5 Å². The highest BCUT2D eigenvalue weighted by molar-refractivity contribution is 5.86. The van der Waals surface area contributed by atoms with Crippen LogP contribution in [-0.2, 0) is 19.4 Å². The van der Waals surface area contributed by atoms with Gasteiger partial charge in [0.25, 0.3) is 0 Å². The number of fused-ring (bicyclic) bond motifs is 6. The summed E-state index contributed by atoms with van der Waals surface area (Å²) < 4.78 is 16.8. The van der Waals surface area contributed by atoms with Crippen molar-refractivity contribution < 1.29 is 14.2 Å². The Hall–Kier alpha value is -2.73. The second kappa shape index (κ2) is 6.16. The van der Waals surface area contributed by atoms with Crippen molar-refractivity contribution in [3.8, 4) is 17.2 Å². The number of aromatic amines is 1. The highest BCUT2D eigenvalue weighted by Crippen LogP contribution is 2.46. The van der Waals surface area contributed by atoms with Crippen LogP contribution in [-0.4, -0.2) is 42.7 Å². The maximum atomic E-state index is 5.69. The van der Waals surface area contributed by atoms with Crippen LogP contribution in [0.25, 0.3) is 11.0 Å². The number of hydrogen-bond acceptors (Lipinski definition) is 5. The molecule has 6 nitrogen and oxygen atoms in total. The summed E-state index contributed by atoms with van der Waals surface area (Å²) in [7, 11) is 5.12. The summed E-state index contributed by atoms with van der Waals surface area (Å²) >= 11 is 0. The molecule has 0 saturated carbocycles. The third kappa shape index (κ3) is 2.33. The Kier molecular flexibility index (Phi) is 3.75. The second-order valence-corrected chi connectivity index (χ2v) is 7.16. The molecule has 6 heteroatoms. The monoisotopic (exact) mass is 365 g/mol. The Labute approximate surface area is 158 Å². The number of ether oxygens (including phenoxy) is 3. The van der Waals surface area contributed by atoms with Gasteiger partial charge in [0, 0.05) is 24.7 Å². The Bertz CT molecular complexity index is 1030. The van der Waals surface area contributed by atoms with Crippen LogP contribution in [0, 0.1) is 0 Å². The van der Waals surface area contributed by atoms with Crippen molar-refractivity contribution in [3.63, 3.8) is 0 Å². The number of rotatable bonds is 3. The summed E-state index contributed by atoms with van der Waals surface area (Å²) in [6, 6.07) is 6.68. The van der Waals surface area contributed by atoms with E-state index in [2.05, 4.69) is 27.0 Å². The van der Waals surface area contributed by atoms with Gasteiger partial charge in [-0.05, 0) is 41.7 Å². The minimum Gasteiger partial charge on any atom is -0.494 e. The second-order valence-electron chi connectivity index (χ2n) is 7.16. The largest absolute Gasteiger partial charge is 0.494 e. The Morgan fingerprint density at radius 3 is 2.70 bits per heavy atom. The summed E-state index contributed by atoms with van der Waals surface area (Å²) in [5.41, 5.74) is 7.29. The quantitative estimate of drug-likeness (QED) is 0.772. The Morgan fingerprint density at radius 2 is 1.93 bits per heavy atom. The first-order valence-corrected chi connectivity index (χ1v) is 9.24. The van der Waals surface area contributed by atoms with E-state index < -0.39 is 0 Å². The first-order chi connectivity index (χ1) is 13.2. The maximum absolute atomic E-state index is 5.69. The van der Waals surface area contributed by atoms with Gasteiger partial charge in [-0.2, -0.15) is 0 Å². The Morgan fingerprint density at radius 1 is 1.07 bits per heavy atom. The van der Waals surface area contributed by atoms with Crippen molar-refractivity contribution in [2.75, 3.05) is 27.9 Å². The van der Waals surface area contributed by atoms with Crippen molar-refractivity contribution in [1.29, 1.82) is 0 Å². The van der Waals surface area contributed by atoms with Crippen LogP contribution in [0.15, 0.2) is 24.5 Å². The molecule has 0 aliphatic carbocycles. The average Bonchev–Trinajstić information content (AvgIpc) is 3.20. The molecule has 140 valence electrons. The molecule has 1 atom stereocenters. The maximum Gasteiger partial charge on any atom is 0.165 e. The van der Waals surface area contributed by atoms with Crippen LogP contribution in [0.2, 0.25) is 0 Å². The summed E-state index contributed by atoms with van der Waals surface area (Å²) in [6.07, 6.45) is 3.71. The lowest BCUT2D eigenvalue weighted by Crippen LogP contribution is -2.39. The molecule has 2 aliphatic heterocycles. The lowest BCUT2D eigenvalue weighted by Gasteiger charge is -2.42. The number of methoxy groups -OCH3 is 3. The van der Waals surface area contributed by atoms with Crippen molar-refractivity contribution in [2.45, 2.75) is 25.4 Å². The fourth-order valence-electron chi connectivity index (χ4n) is 4.72. The summed E-state index contributed by atoms with van der Waals surface area (Å²) in [4.78, 5) is 10.4. The van der Waals surface area contributed by atoms with Crippen molar-refractivity contribution in [1.82, 2.24) is 14.9 Å². The standard InChI is InChI=1S/C21H23N3O3/c1-25-16-5-4-12-8-15-18-13(6-7-24(15)10-14(12)21(16)27-3)9-17(26-2)19-20(18)23-11-22-19/h4-5,9,11,15H,6-8,10H2,1-3H3,(H,22,23). The summed E-state index contributed by atoms with van der Waals surface area (Å²) in [5, 5.41) is 0. The van der Waals surface area contributed by atoms with E-state index in [0.29, 0.717) is 6.04 Å². The Balaban J connectivity index is 1.65. The van der Waals surface area contributed by atoms with Gasteiger partial charge in [-0.3, -0.25) is 4.90 Å². The molecule has 2 aromatic carbocycles. The zero-order valence-electron chi connectivity index (χ0n) is 15.8. The molecule has 1 unspecified atom stereocenters. The van der Waals surface area contributed by atoms with Crippen LogP contribution in [0.5, 0.6) is 17.2 Å². The number of H-pyrrole nitrogens is 1. The number of benzene rings is 2. The third-order valence-corrected chi connectivity index (χ3v) is 5.98. The fourth-order valence-corrected chi connectivity index (χ4v) is 4.72. The van der Waals surface area contributed by atoms with Gasteiger partial charge in [0.1, 0.15) is 11.3 Å². The van der Waals surface area contributed by atoms with Crippen LogP contribution in [0.4, 0.5) is 0 Å². The molecule has 0 bridgehead atoms. The van der Waals surface area contributed by atoms with Gasteiger partial charge in [0.05, 0.1) is 33.2 Å². The topological polar surface area (TPSA) is 59.6 Å². The van der Waals surface area contributed by atoms with Crippen molar-refractivity contribution in [2.24, 2.45) is 0 Å². The third-order valence-electron chi connectivity index (χ3n) is 5.98. The zero-order valence-corrected chi connectivity index (χ0v) is 15.8. The van der Waals surface area contributed by atoms with Crippen LogP contribution < -0.4 is 14.2 Å². The molecule has 1 aromatic heterocycles. The first kappa shape index (κ1) is 16.4. The van der Waals surface area contributed by atoms with E-state index in [-0.39, 0.29) is 0 Å². The van der Waals surface area contributed by atoms with Gasteiger partial charge >= 0.3 is 0 Å². The molecule has 0 spiro atoms. The lowest BCUT2D eigenvalue weighted by atomic mass is 9.83. The zero-order chi connectivity index (χ0) is 18.5. The normalized spacial score (nSPS) is 18.6. The summed E-state index contributed by atoms with van der Waals surface area (Å²) in [6.45, 7) is 1.88. The van der Waals surface area contributed by atoms with Gasteiger partial charge in [-0.15, -0.1) is 0 Å². The summed E-state index contributed by atoms with van der Waals surface area (Å²) in [5.74, 6) is 2.51. The molecule has 0 radical (unpaired) electrons. The first-order valence-electron chi connectivity index (χ1n) is 9.24. The molecule has 0 amide bonds. The van der Waals surface area contributed by atoms with Crippen LogP contribution >= 0.6 is 0 Å². The van der Waals surface area contributed by atoms with Gasteiger partial charge in [-0.1, -0.05) is 6.07 Å². The van der Waals surface area contributed by atoms with Gasteiger partial charge < -0.3 is 19.2 Å². The molecule has 0 saturated heterocycles. The molecule has 2 aliphatic rings. The lowest BCUT2D eigenvalue weighted by molar-refractivity contribution is 0.159. The smallest absolute Gasteiger partial charge is 0.165 e. The number of hydrogen-bond donors (Lipinski definition) is 1. The van der Waals surface area contributed by atoms with Gasteiger partial charge in [-0.25, -0.2) is 4.98 Å². The van der Waals surface area contributed by atoms with Crippen molar-refractivity contribution in [3.05, 3.63) is 46.8 Å². The predicted molar refractivity (Wildman–Crippen MR) is 103 cm³/mol. The van der Waals surface area contributed by atoms with E-state index >= 15 is 0 Å². The van der Waals surface area contributed by atoms with E-state index in [9.17, 15) is 0 Å². The average molecular weight is 365 g/mol. The minimum atomic E-state index is 0.327. The molecule has 27 heavy (non-hydrogen) atoms. The highest BCUT2D eigenvalue weighted by Gasteiger charge is 2.36. The molecule has 3 aromatic rings. The number of imidazole rings is 1. The molecule has 5 rings (SSSR count). The minimum absolute atomic E-state index is 0.327. The van der Waals surface area contributed by atoms with Crippen LogP contribution in [0.1, 0.15) is 28.3 Å². The molecule has 0 fully saturated rings. The van der Waals surface area contributed by atoms with E-state index in [1.807, 2.05) is 6.07 Å². The highest BCUT2D eigenvalue weighted by atomic mass is 16.5. The van der Waals surface area contributed by atoms with Gasteiger partial charge in [0.2, 0.25) is 0 Å². The predicted octanol–water partition coefficient (Wildman–Crippen LogP) is 3.24. The molecule has 1 N–H and O–H groups in total. The fraction of sp³-hybridized carbons (Fsp3) is 0.381. The van der Waals surface area contributed by atoms with Crippen molar-refractivity contribution >= 4 is 11.0 Å². The molecular weight excluding hydrogens is 342 g/mol. The molecular formula is C21H23N3O3. The van der Waals surface area contributed by atoms with E-state index in [1.54, 1.807) is 27.7 Å². The van der Waals surface area contributed by atoms with E-state index in [0.717, 1.165) is 54.2 Å². The molecule has 3 heterocycles.